The molecule has 0 aliphatic heterocycles. The zero-order chi connectivity index (χ0) is 30.0. The van der Waals surface area contributed by atoms with Gasteiger partial charge in [0.25, 0.3) is 0 Å². The molecule has 5 heteroatoms. The summed E-state index contributed by atoms with van der Waals surface area (Å²) in [7, 11) is 5.10. The number of benzene rings is 5. The number of ether oxygens (including phenoxy) is 3. The van der Waals surface area contributed by atoms with E-state index in [0.29, 0.717) is 0 Å². The molecule has 2 heterocycles. The van der Waals surface area contributed by atoms with Gasteiger partial charge in [-0.25, -0.2) is 4.98 Å². The van der Waals surface area contributed by atoms with Crippen LogP contribution < -0.4 is 14.2 Å². The fourth-order valence-corrected chi connectivity index (χ4v) is 5.85. The average molecular weight is 575 g/mol. The standard InChI is InChI=1S/C39H30N2O3/c1-42-30-16-11-25(12-17-30)29-23-34(41-35(24-29)33-10-6-7-21-40-33)28-13-18-32-27(22-28)15-20-37(44-3)39(32)38-31-9-5-4-8-26(31)14-19-36(38)43-2/h4-24H,1-3H3. The Morgan fingerprint density at radius 2 is 1.11 bits per heavy atom. The quantitative estimate of drug-likeness (QED) is 0.190. The maximum atomic E-state index is 5.93. The maximum Gasteiger partial charge on any atom is 0.127 e. The first kappa shape index (κ1) is 27.2. The molecule has 0 aliphatic carbocycles. The van der Waals surface area contributed by atoms with Crippen molar-refractivity contribution in [1.82, 2.24) is 9.97 Å². The molecule has 0 saturated heterocycles. The van der Waals surface area contributed by atoms with Gasteiger partial charge in [0.15, 0.2) is 0 Å². The predicted molar refractivity (Wildman–Crippen MR) is 178 cm³/mol. The summed E-state index contributed by atoms with van der Waals surface area (Å²) in [5, 5.41) is 4.39. The van der Waals surface area contributed by atoms with Crippen LogP contribution in [0.25, 0.3) is 66.4 Å². The summed E-state index contributed by atoms with van der Waals surface area (Å²) in [6.45, 7) is 0. The van der Waals surface area contributed by atoms with Crippen molar-refractivity contribution in [1.29, 1.82) is 0 Å². The first-order chi connectivity index (χ1) is 21.7. The molecule has 0 saturated carbocycles. The largest absolute Gasteiger partial charge is 0.497 e. The highest BCUT2D eigenvalue weighted by Gasteiger charge is 2.19. The average Bonchev–Trinajstić information content (AvgIpc) is 3.10. The third-order valence-corrected chi connectivity index (χ3v) is 8.03. The molecule has 0 unspecified atom stereocenters. The predicted octanol–water partition coefficient (Wildman–Crippen LogP) is 9.48. The molecule has 0 amide bonds. The van der Waals surface area contributed by atoms with Crippen LogP contribution in [0.3, 0.4) is 0 Å². The molecule has 0 N–H and O–H groups in total. The molecule has 0 radical (unpaired) electrons. The van der Waals surface area contributed by atoms with E-state index in [1.165, 1.54) is 0 Å². The lowest BCUT2D eigenvalue weighted by Crippen LogP contribution is -1.95. The number of aromatic nitrogens is 2. The molecule has 0 atom stereocenters. The number of fused-ring (bicyclic) bond motifs is 2. The SMILES string of the molecule is COc1ccc(-c2cc(-c3ccc4c(-c5c(OC)ccc6ccccc56)c(OC)ccc4c3)nc(-c3ccccn3)c2)cc1. The molecule has 0 fully saturated rings. The number of rotatable bonds is 7. The Kier molecular flexibility index (Phi) is 7.13. The van der Waals surface area contributed by atoms with E-state index in [1.807, 2.05) is 42.5 Å². The Morgan fingerprint density at radius 1 is 0.455 bits per heavy atom. The normalized spacial score (nSPS) is 11.1. The van der Waals surface area contributed by atoms with Crippen molar-refractivity contribution in [3.05, 3.63) is 128 Å². The summed E-state index contributed by atoms with van der Waals surface area (Å²) in [5.74, 6) is 2.40. The van der Waals surface area contributed by atoms with Crippen molar-refractivity contribution in [3.63, 3.8) is 0 Å². The Balaban J connectivity index is 1.43. The van der Waals surface area contributed by atoms with Crippen LogP contribution in [0.2, 0.25) is 0 Å². The molecular weight excluding hydrogens is 544 g/mol. The minimum absolute atomic E-state index is 0.789. The van der Waals surface area contributed by atoms with Crippen molar-refractivity contribution < 1.29 is 14.2 Å². The van der Waals surface area contributed by atoms with E-state index in [2.05, 4.69) is 83.8 Å². The monoisotopic (exact) mass is 574 g/mol. The van der Waals surface area contributed by atoms with Crippen molar-refractivity contribution in [2.24, 2.45) is 0 Å². The van der Waals surface area contributed by atoms with E-state index in [4.69, 9.17) is 19.2 Å². The van der Waals surface area contributed by atoms with Crippen molar-refractivity contribution >= 4 is 21.5 Å². The molecule has 0 spiro atoms. The molecule has 0 aliphatic rings. The van der Waals surface area contributed by atoms with E-state index in [9.17, 15) is 0 Å². The van der Waals surface area contributed by atoms with E-state index in [0.717, 1.165) is 83.7 Å². The number of methoxy groups -OCH3 is 3. The van der Waals surface area contributed by atoms with Crippen molar-refractivity contribution in [2.45, 2.75) is 0 Å². The second-order valence-corrected chi connectivity index (χ2v) is 10.5. The van der Waals surface area contributed by atoms with Crippen LogP contribution in [0.5, 0.6) is 17.2 Å². The van der Waals surface area contributed by atoms with Crippen molar-refractivity contribution in [2.75, 3.05) is 21.3 Å². The lowest BCUT2D eigenvalue weighted by Gasteiger charge is -2.18. The number of hydrogen-bond donors (Lipinski definition) is 0. The van der Waals surface area contributed by atoms with Crippen molar-refractivity contribution in [3.8, 4) is 62.1 Å². The summed E-state index contributed by atoms with van der Waals surface area (Å²) in [6.07, 6.45) is 1.79. The number of hydrogen-bond acceptors (Lipinski definition) is 5. The van der Waals surface area contributed by atoms with Gasteiger partial charge in [-0.2, -0.15) is 0 Å². The molecule has 7 aromatic rings. The van der Waals surface area contributed by atoms with Crippen LogP contribution in [0.1, 0.15) is 0 Å². The molecule has 0 bridgehead atoms. The van der Waals surface area contributed by atoms with E-state index >= 15 is 0 Å². The smallest absolute Gasteiger partial charge is 0.127 e. The Hall–Kier alpha value is -5.68. The fraction of sp³-hybridized carbons (Fsp3) is 0.0769. The molecule has 2 aromatic heterocycles. The molecule has 5 aromatic carbocycles. The topological polar surface area (TPSA) is 53.5 Å². The fourth-order valence-electron chi connectivity index (χ4n) is 5.85. The van der Waals surface area contributed by atoms with Gasteiger partial charge in [-0.05, 0) is 87.3 Å². The lowest BCUT2D eigenvalue weighted by molar-refractivity contribution is 0.411. The van der Waals surface area contributed by atoms with Crippen LogP contribution in [-0.4, -0.2) is 31.3 Å². The Labute approximate surface area is 256 Å². The molecule has 214 valence electrons. The second-order valence-electron chi connectivity index (χ2n) is 10.5. The van der Waals surface area contributed by atoms with Crippen LogP contribution in [-0.2, 0) is 0 Å². The first-order valence-corrected chi connectivity index (χ1v) is 14.4. The van der Waals surface area contributed by atoms with Crippen LogP contribution >= 0.6 is 0 Å². The van der Waals surface area contributed by atoms with Crippen LogP contribution in [0.4, 0.5) is 0 Å². The summed E-state index contributed by atoms with van der Waals surface area (Å²) >= 11 is 0. The van der Waals surface area contributed by atoms with E-state index in [-0.39, 0.29) is 0 Å². The van der Waals surface area contributed by atoms with Crippen LogP contribution in [0, 0.1) is 0 Å². The van der Waals surface area contributed by atoms with Gasteiger partial charge in [0.2, 0.25) is 0 Å². The highest BCUT2D eigenvalue weighted by molar-refractivity contribution is 6.10. The van der Waals surface area contributed by atoms with Gasteiger partial charge in [-0.1, -0.05) is 66.7 Å². The highest BCUT2D eigenvalue weighted by atomic mass is 16.5. The van der Waals surface area contributed by atoms with Gasteiger partial charge in [0.05, 0.1) is 38.4 Å². The minimum atomic E-state index is 0.789. The zero-order valence-electron chi connectivity index (χ0n) is 24.7. The van der Waals surface area contributed by atoms with Gasteiger partial charge >= 0.3 is 0 Å². The third-order valence-electron chi connectivity index (χ3n) is 8.03. The minimum Gasteiger partial charge on any atom is -0.497 e. The van der Waals surface area contributed by atoms with E-state index < -0.39 is 0 Å². The molecular formula is C39H30N2O3. The second kappa shape index (κ2) is 11.5. The van der Waals surface area contributed by atoms with Gasteiger partial charge < -0.3 is 14.2 Å². The molecule has 44 heavy (non-hydrogen) atoms. The van der Waals surface area contributed by atoms with E-state index in [1.54, 1.807) is 27.5 Å². The summed E-state index contributed by atoms with van der Waals surface area (Å²) in [6, 6.07) is 41.3. The molecule has 7 rings (SSSR count). The molecule has 5 nitrogen and oxygen atoms in total. The Bertz CT molecular complexity index is 2120. The number of nitrogens with zero attached hydrogens (tertiary/aromatic N) is 2. The maximum absolute atomic E-state index is 5.93. The van der Waals surface area contributed by atoms with Gasteiger partial charge in [0.1, 0.15) is 17.2 Å². The van der Waals surface area contributed by atoms with Gasteiger partial charge in [-0.15, -0.1) is 0 Å². The zero-order valence-corrected chi connectivity index (χ0v) is 24.7. The Morgan fingerprint density at radius 3 is 1.82 bits per heavy atom. The van der Waals surface area contributed by atoms with Gasteiger partial charge in [0, 0.05) is 22.9 Å². The lowest BCUT2D eigenvalue weighted by atomic mass is 9.91. The van der Waals surface area contributed by atoms with Crippen LogP contribution in [0.15, 0.2) is 128 Å². The summed E-state index contributed by atoms with van der Waals surface area (Å²) in [4.78, 5) is 9.68. The highest BCUT2D eigenvalue weighted by Crippen LogP contribution is 2.46. The third kappa shape index (κ3) is 4.88. The van der Waals surface area contributed by atoms with Gasteiger partial charge in [-0.3, -0.25) is 4.98 Å². The number of pyridine rings is 2. The first-order valence-electron chi connectivity index (χ1n) is 14.4. The summed E-state index contributed by atoms with van der Waals surface area (Å²) in [5.41, 5.74) is 7.63. The summed E-state index contributed by atoms with van der Waals surface area (Å²) < 4.78 is 17.2.